The lowest BCUT2D eigenvalue weighted by molar-refractivity contribution is -0.141. The van der Waals surface area contributed by atoms with Crippen molar-refractivity contribution >= 4 is 17.6 Å². The number of amides is 1. The van der Waals surface area contributed by atoms with Crippen LogP contribution in [0, 0.1) is 6.92 Å². The third-order valence-electron chi connectivity index (χ3n) is 4.20. The lowest BCUT2D eigenvalue weighted by Crippen LogP contribution is -2.41. The summed E-state index contributed by atoms with van der Waals surface area (Å²) in [7, 11) is 1.34. The largest absolute Gasteiger partial charge is 0.469 e. The predicted octanol–water partition coefficient (Wildman–Crippen LogP) is 3.99. The average molecular weight is 319 g/mol. The maximum atomic E-state index is 12.4. The van der Waals surface area contributed by atoms with Gasteiger partial charge < -0.3 is 9.64 Å². The van der Waals surface area contributed by atoms with Crippen LogP contribution >= 0.6 is 0 Å². The Kier molecular flexibility index (Phi) is 6.79. The van der Waals surface area contributed by atoms with E-state index in [9.17, 15) is 9.59 Å². The molecule has 0 unspecified atom stereocenters. The summed E-state index contributed by atoms with van der Waals surface area (Å²) in [5, 5.41) is 0. The first-order chi connectivity index (χ1) is 10.8. The maximum absolute atomic E-state index is 12.4. The van der Waals surface area contributed by atoms with Crippen molar-refractivity contribution in [3.8, 4) is 0 Å². The van der Waals surface area contributed by atoms with E-state index >= 15 is 0 Å². The molecule has 1 aromatic carbocycles. The van der Waals surface area contributed by atoms with Crippen molar-refractivity contribution in [2.75, 3.05) is 18.6 Å². The van der Waals surface area contributed by atoms with Crippen molar-refractivity contribution in [3.05, 3.63) is 29.3 Å². The van der Waals surface area contributed by atoms with Gasteiger partial charge in [0.25, 0.3) is 0 Å². The molecule has 0 fully saturated rings. The Hall–Kier alpha value is -1.84. The number of nitrogens with zero attached hydrogens (tertiary/aromatic N) is 1. The molecule has 0 aliphatic carbocycles. The van der Waals surface area contributed by atoms with Crippen LogP contribution in [0.5, 0.6) is 0 Å². The Morgan fingerprint density at radius 2 is 1.87 bits per heavy atom. The molecular formula is C19H29NO3. The fraction of sp³-hybridized carbons (Fsp3) is 0.579. The highest BCUT2D eigenvalue weighted by Gasteiger charge is 2.33. The van der Waals surface area contributed by atoms with Crippen LogP contribution in [0.2, 0.25) is 0 Å². The predicted molar refractivity (Wildman–Crippen MR) is 93.8 cm³/mol. The van der Waals surface area contributed by atoms with E-state index < -0.39 is 0 Å². The molecule has 1 heterocycles. The van der Waals surface area contributed by atoms with E-state index in [4.69, 9.17) is 0 Å². The van der Waals surface area contributed by atoms with Crippen molar-refractivity contribution in [2.24, 2.45) is 0 Å². The molecule has 2 rings (SSSR count). The van der Waals surface area contributed by atoms with E-state index in [0.29, 0.717) is 6.54 Å². The van der Waals surface area contributed by atoms with Crippen molar-refractivity contribution in [1.29, 1.82) is 0 Å². The molecule has 4 nitrogen and oxygen atoms in total. The Labute approximate surface area is 139 Å². The first-order valence-corrected chi connectivity index (χ1v) is 8.33. The maximum Gasteiger partial charge on any atom is 0.306 e. The van der Waals surface area contributed by atoms with E-state index in [-0.39, 0.29) is 30.1 Å². The van der Waals surface area contributed by atoms with Gasteiger partial charge in [-0.15, -0.1) is 0 Å². The molecule has 0 atom stereocenters. The summed E-state index contributed by atoms with van der Waals surface area (Å²) in [5.74, 6) is -0.356. The molecule has 0 N–H and O–H groups in total. The number of rotatable bonds is 3. The second-order valence-corrected chi connectivity index (χ2v) is 6.28. The van der Waals surface area contributed by atoms with Gasteiger partial charge in [-0.25, -0.2) is 0 Å². The van der Waals surface area contributed by atoms with Crippen molar-refractivity contribution in [3.63, 3.8) is 0 Å². The molecular weight excluding hydrogens is 290 g/mol. The fourth-order valence-corrected chi connectivity index (χ4v) is 2.78. The van der Waals surface area contributed by atoms with Gasteiger partial charge in [-0.1, -0.05) is 45.4 Å². The van der Waals surface area contributed by atoms with E-state index in [1.165, 1.54) is 18.2 Å². The number of hydrogen-bond acceptors (Lipinski definition) is 3. The van der Waals surface area contributed by atoms with Crippen LogP contribution in [0.25, 0.3) is 0 Å². The molecule has 128 valence electrons. The van der Waals surface area contributed by atoms with Crippen molar-refractivity contribution in [2.45, 2.75) is 59.3 Å². The molecule has 0 saturated carbocycles. The van der Waals surface area contributed by atoms with E-state index in [2.05, 4.69) is 31.6 Å². The van der Waals surface area contributed by atoms with Crippen LogP contribution in [0.3, 0.4) is 0 Å². The minimum absolute atomic E-state index is 0.0130. The number of carbonyl (C=O) groups excluding carboxylic acids is 2. The quantitative estimate of drug-likeness (QED) is 0.791. The van der Waals surface area contributed by atoms with Gasteiger partial charge in [0, 0.05) is 18.7 Å². The molecule has 0 spiro atoms. The summed E-state index contributed by atoms with van der Waals surface area (Å²) in [6.07, 6.45) is 1.25. The molecule has 0 radical (unpaired) electrons. The molecule has 23 heavy (non-hydrogen) atoms. The summed E-state index contributed by atoms with van der Waals surface area (Å²) in [4.78, 5) is 25.4. The van der Waals surface area contributed by atoms with Gasteiger partial charge in [-0.05, 0) is 30.4 Å². The number of benzene rings is 1. The third-order valence-corrected chi connectivity index (χ3v) is 4.20. The van der Waals surface area contributed by atoms with Crippen molar-refractivity contribution < 1.29 is 14.3 Å². The molecule has 1 amide bonds. The van der Waals surface area contributed by atoms with E-state index in [1.54, 1.807) is 0 Å². The van der Waals surface area contributed by atoms with Gasteiger partial charge in [0.2, 0.25) is 5.91 Å². The van der Waals surface area contributed by atoms with Crippen LogP contribution in [-0.4, -0.2) is 25.5 Å². The summed E-state index contributed by atoms with van der Waals surface area (Å²) in [6.45, 7) is 11.2. The standard InChI is InChI=1S/C17H23NO3.C2H6/c1-12-5-6-14-13(11-12)17(2,3)9-10-18(14)15(19)7-8-16(20)21-4;1-2/h5-6,11H,7-10H2,1-4H3;1-2H3. The molecule has 0 bridgehead atoms. The molecule has 1 aromatic rings. The number of carbonyl (C=O) groups is 2. The minimum Gasteiger partial charge on any atom is -0.469 e. The highest BCUT2D eigenvalue weighted by molar-refractivity contribution is 5.96. The Morgan fingerprint density at radius 1 is 1.22 bits per heavy atom. The first kappa shape index (κ1) is 19.2. The Morgan fingerprint density at radius 3 is 2.48 bits per heavy atom. The number of esters is 1. The third kappa shape index (κ3) is 4.57. The molecule has 4 heteroatoms. The number of ether oxygens (including phenoxy) is 1. The number of anilines is 1. The first-order valence-electron chi connectivity index (χ1n) is 8.33. The Balaban J connectivity index is 0.00000127. The topological polar surface area (TPSA) is 46.6 Å². The second-order valence-electron chi connectivity index (χ2n) is 6.28. The minimum atomic E-state index is -0.343. The van der Waals surface area contributed by atoms with Gasteiger partial charge in [-0.2, -0.15) is 0 Å². The molecule has 0 aromatic heterocycles. The SMILES string of the molecule is CC.COC(=O)CCC(=O)N1CCC(C)(C)c2cc(C)ccc21. The van der Waals surface area contributed by atoms with Gasteiger partial charge in [0.05, 0.1) is 13.5 Å². The van der Waals surface area contributed by atoms with Crippen LogP contribution in [-0.2, 0) is 19.7 Å². The zero-order valence-electron chi connectivity index (χ0n) is 15.2. The van der Waals surface area contributed by atoms with Crippen LogP contribution < -0.4 is 4.90 Å². The lowest BCUT2D eigenvalue weighted by Gasteiger charge is -2.39. The van der Waals surface area contributed by atoms with Crippen LogP contribution in [0.1, 0.15) is 58.1 Å². The Bertz CT molecular complexity index is 564. The fourth-order valence-electron chi connectivity index (χ4n) is 2.78. The number of methoxy groups -OCH3 is 1. The van der Waals surface area contributed by atoms with E-state index in [0.717, 1.165) is 12.1 Å². The van der Waals surface area contributed by atoms with E-state index in [1.807, 2.05) is 30.9 Å². The second kappa shape index (κ2) is 8.14. The van der Waals surface area contributed by atoms with Crippen molar-refractivity contribution in [1.82, 2.24) is 0 Å². The number of aryl methyl sites for hydroxylation is 1. The summed E-state index contributed by atoms with van der Waals surface area (Å²) in [6, 6.07) is 6.21. The molecule has 0 saturated heterocycles. The normalized spacial score (nSPS) is 15.1. The van der Waals surface area contributed by atoms with Crippen LogP contribution in [0.15, 0.2) is 18.2 Å². The molecule has 1 aliphatic heterocycles. The van der Waals surface area contributed by atoms with Gasteiger partial charge in [0.15, 0.2) is 0 Å². The average Bonchev–Trinajstić information content (AvgIpc) is 2.54. The lowest BCUT2D eigenvalue weighted by atomic mass is 9.77. The number of hydrogen-bond donors (Lipinski definition) is 0. The summed E-state index contributed by atoms with van der Waals surface area (Å²) < 4.78 is 4.60. The smallest absolute Gasteiger partial charge is 0.306 e. The zero-order valence-corrected chi connectivity index (χ0v) is 15.2. The monoisotopic (exact) mass is 319 g/mol. The van der Waals surface area contributed by atoms with Gasteiger partial charge in [-0.3, -0.25) is 9.59 Å². The van der Waals surface area contributed by atoms with Crippen LogP contribution in [0.4, 0.5) is 5.69 Å². The summed E-state index contributed by atoms with van der Waals surface area (Å²) in [5.41, 5.74) is 3.46. The number of fused-ring (bicyclic) bond motifs is 1. The zero-order chi connectivity index (χ0) is 17.6. The highest BCUT2D eigenvalue weighted by Crippen LogP contribution is 2.40. The van der Waals surface area contributed by atoms with Gasteiger partial charge in [0.1, 0.15) is 0 Å². The summed E-state index contributed by atoms with van der Waals surface area (Å²) >= 11 is 0. The van der Waals surface area contributed by atoms with Gasteiger partial charge >= 0.3 is 5.97 Å². The highest BCUT2D eigenvalue weighted by atomic mass is 16.5. The molecule has 1 aliphatic rings.